The number of methoxy groups -OCH3 is 2. The summed E-state index contributed by atoms with van der Waals surface area (Å²) in [5.74, 6) is 1.78. The summed E-state index contributed by atoms with van der Waals surface area (Å²) >= 11 is 22.1. The molecule has 0 spiro atoms. The molecule has 2 aliphatic rings. The summed E-state index contributed by atoms with van der Waals surface area (Å²) in [6.45, 7) is 19.4. The number of alkyl halides is 2. The van der Waals surface area contributed by atoms with E-state index in [0.29, 0.717) is 0 Å². The SMILES string of the molecule is CBr.CC.CC.CC.CCI.COC(=O)C1(C)CN(C)C1.COC(=O)C1CN(C)C1.S=S=S=S=S=S=S=S=S=S=S=S=S=S=S.[CH3-].[I][V]([I])[I].[W].[W].[W].[W]. The average molecular weight is 2280 g/mol. The molecule has 2 heterocycles. The van der Waals surface area contributed by atoms with Crippen molar-refractivity contribution in [1.29, 1.82) is 0 Å². The molecule has 0 atom stereocenters. The monoisotopic (exact) mass is 2270 g/mol. The van der Waals surface area contributed by atoms with Crippen molar-refractivity contribution in [2.24, 2.45) is 11.3 Å². The van der Waals surface area contributed by atoms with E-state index in [2.05, 4.69) is 125 Å². The van der Waals surface area contributed by atoms with Gasteiger partial charge in [0.2, 0.25) is 0 Å². The zero-order valence-corrected chi connectivity index (χ0v) is 67.8. The van der Waals surface area contributed by atoms with Crippen molar-refractivity contribution < 1.29 is 108 Å². The molecule has 0 amide bonds. The van der Waals surface area contributed by atoms with Crippen LogP contribution in [0.4, 0.5) is 0 Å². The summed E-state index contributed by atoms with van der Waals surface area (Å²) in [7, 11) is 28.6. The quantitative estimate of drug-likeness (QED) is 0.118. The van der Waals surface area contributed by atoms with Crippen LogP contribution in [0, 0.1) is 18.8 Å². The number of likely N-dealkylation sites (tertiary alicyclic amines) is 2. The van der Waals surface area contributed by atoms with Crippen molar-refractivity contribution >= 4 is 248 Å². The molecule has 6 nitrogen and oxygen atoms in total. The number of halogens is 5. The molecule has 0 unspecified atom stereocenters. The number of hydrogen-bond donors (Lipinski definition) is 0. The molecule has 0 radical (unpaired) electrons. The summed E-state index contributed by atoms with van der Waals surface area (Å²) < 4.78 is 10.4. The molecule has 0 saturated carbocycles. The van der Waals surface area contributed by atoms with Crippen LogP contribution in [-0.4, -0.2) is 86.5 Å². The van der Waals surface area contributed by atoms with E-state index in [9.17, 15) is 9.59 Å². The van der Waals surface area contributed by atoms with Crippen LogP contribution in [0.15, 0.2) is 0 Å². The van der Waals surface area contributed by atoms with Crippen molar-refractivity contribution in [3.05, 3.63) is 7.43 Å². The van der Waals surface area contributed by atoms with E-state index in [0.717, 1.165) is 26.2 Å². The first-order valence-electron chi connectivity index (χ1n) is 13.5. The molecule has 2 aliphatic heterocycles. The number of carbonyl (C=O) groups is 2. The minimum Gasteiger partial charge on any atom is 0 e. The molecule has 54 heavy (non-hydrogen) atoms. The molecule has 2 rings (SSSR count). The maximum atomic E-state index is 11.0. The Labute approximate surface area is 494 Å². The third-order valence-electron chi connectivity index (χ3n) is 3.85. The van der Waals surface area contributed by atoms with Crippen LogP contribution in [0.25, 0.3) is 0 Å². The van der Waals surface area contributed by atoms with Gasteiger partial charge in [-0.15, -0.1) is 0 Å². The average Bonchev–Trinajstić information content (AvgIpc) is 3.08. The molecule has 0 aromatic carbocycles. The second-order valence-electron chi connectivity index (χ2n) is 7.01. The zero-order chi connectivity index (χ0) is 40.1. The molecule has 334 valence electrons. The smallest absolute Gasteiger partial charge is 0 e. The first kappa shape index (κ1) is 93.0. The maximum Gasteiger partial charge on any atom is 0 e. The van der Waals surface area contributed by atoms with Gasteiger partial charge in [-0.25, -0.2) is 0 Å². The van der Waals surface area contributed by atoms with Crippen molar-refractivity contribution in [3.63, 3.8) is 0 Å². The van der Waals surface area contributed by atoms with E-state index in [1.807, 2.05) is 68.4 Å². The summed E-state index contributed by atoms with van der Waals surface area (Å²) in [6.07, 6.45) is 0. The van der Waals surface area contributed by atoms with Crippen LogP contribution in [0.3, 0.4) is 0 Å². The fourth-order valence-electron chi connectivity index (χ4n) is 2.66. The molecule has 0 aliphatic carbocycles. The minimum atomic E-state index is -0.278. The zero-order valence-electron chi connectivity index (χ0n) is 32.2. The van der Waals surface area contributed by atoms with Crippen molar-refractivity contribution in [3.8, 4) is 0 Å². The molecular formula is C23H53BrI4N2O4S15VW4-. The topological polar surface area (TPSA) is 59.1 Å². The first-order valence-corrected chi connectivity index (χ1v) is 48.8. The van der Waals surface area contributed by atoms with E-state index in [4.69, 9.17) is 22.4 Å². The van der Waals surface area contributed by atoms with Crippen molar-refractivity contribution in [2.45, 2.75) is 55.4 Å². The molecule has 0 aromatic heterocycles. The van der Waals surface area contributed by atoms with Crippen molar-refractivity contribution in [2.75, 3.05) is 64.8 Å². The Bertz CT molecular complexity index is 1310. The summed E-state index contributed by atoms with van der Waals surface area (Å²) in [4.78, 5) is 25.6. The fraction of sp³-hybridized carbons (Fsp3) is 0.870. The number of nitrogens with zero attached hydrogens (tertiary/aromatic N) is 2. The van der Waals surface area contributed by atoms with Gasteiger partial charge in [-0.05, 0) is 31.3 Å². The van der Waals surface area contributed by atoms with Crippen LogP contribution in [0.1, 0.15) is 55.4 Å². The van der Waals surface area contributed by atoms with Gasteiger partial charge in [-0.3, -0.25) is 9.59 Å². The summed E-state index contributed by atoms with van der Waals surface area (Å²) in [6, 6.07) is 0. The molecule has 2 saturated heterocycles. The predicted molar refractivity (Wildman–Crippen MR) is 303 cm³/mol. The normalized spacial score (nSPS) is 11.3. The molecule has 0 N–H and O–H groups in total. The van der Waals surface area contributed by atoms with Gasteiger partial charge in [0.25, 0.3) is 0 Å². The van der Waals surface area contributed by atoms with Gasteiger partial charge in [0.1, 0.15) is 0 Å². The standard InChI is InChI=1S/C7H13NO2.C6H11NO2.C2H5I.3C2H6.CH3Br.CH3.3HI.S15.V.4W/c1-7(6(9)10-3)4-8(2)5-7;1-7-3-5(4-7)6(8)9-2;1-2-3;4*1-2;;;;;1-3-5-7-9-11-13-15-14-12-10-8-6-4-2;;;;;/h4-5H2,1-3H3;5H,3-4H2,1-2H3;2H2,1H3;3*1-2H3;1H3;1H3;3*1H;;;;;;/q;;;;;;;-1;;;;;+3;;;;/p-3. The predicted octanol–water partition coefficient (Wildman–Crippen LogP) is 8.42. The summed E-state index contributed by atoms with van der Waals surface area (Å²) in [5, 5.41) is 0. The Hall–Kier alpha value is 8.90. The number of hydrogen-bond acceptors (Lipinski definition) is 8. The molecule has 2 fully saturated rings. The van der Waals surface area contributed by atoms with Crippen LogP contribution in [0.5, 0.6) is 0 Å². The van der Waals surface area contributed by atoms with E-state index in [1.54, 1.807) is 97.7 Å². The van der Waals surface area contributed by atoms with Gasteiger partial charge in [0, 0.05) is 248 Å². The second kappa shape index (κ2) is 82.0. The minimum absolute atomic E-state index is 0. The number of rotatable bonds is 2. The Kier molecular flexibility index (Phi) is 141. The third-order valence-corrected chi connectivity index (χ3v) is 30.5. The number of esters is 2. The van der Waals surface area contributed by atoms with E-state index >= 15 is 0 Å². The van der Waals surface area contributed by atoms with Gasteiger partial charge in [-0.2, -0.15) is 0 Å². The fourth-order valence-corrected chi connectivity index (χ4v) is 32.8. The van der Waals surface area contributed by atoms with Gasteiger partial charge >= 0.3 is 76.8 Å². The Morgan fingerprint density at radius 1 is 0.704 bits per heavy atom. The first-order chi connectivity index (χ1) is 23.4. The van der Waals surface area contributed by atoms with Gasteiger partial charge in [-0.1, -0.05) is 87.0 Å². The van der Waals surface area contributed by atoms with Crippen LogP contribution in [0.2, 0.25) is 0 Å². The van der Waals surface area contributed by atoms with Crippen LogP contribution >= 0.6 is 98.5 Å². The van der Waals surface area contributed by atoms with Gasteiger partial charge in [0.05, 0.1) is 25.6 Å². The second-order valence-corrected chi connectivity index (χ2v) is 66.9. The van der Waals surface area contributed by atoms with Crippen LogP contribution in [-0.2, 0) is 246 Å². The Balaban J connectivity index is -0.0000000404. The van der Waals surface area contributed by atoms with Crippen LogP contribution < -0.4 is 0 Å². The Morgan fingerprint density at radius 3 is 1.11 bits per heavy atom. The summed E-state index contributed by atoms with van der Waals surface area (Å²) in [5.41, 5.74) is -0.233. The molecular weight excluding hydrogens is 2220 g/mol. The van der Waals surface area contributed by atoms with E-state index in [-0.39, 0.29) is 120 Å². The number of ether oxygens (including phenoxy) is 2. The Morgan fingerprint density at radius 2 is 0.944 bits per heavy atom. The van der Waals surface area contributed by atoms with Crippen molar-refractivity contribution in [1.82, 2.24) is 9.80 Å². The maximum absolute atomic E-state index is 11.0. The molecule has 0 aromatic rings. The van der Waals surface area contributed by atoms with Gasteiger partial charge in [0.15, 0.2) is 0 Å². The van der Waals surface area contributed by atoms with E-state index < -0.39 is 0 Å². The van der Waals surface area contributed by atoms with E-state index in [1.165, 1.54) is 36.4 Å². The third kappa shape index (κ3) is 78.1. The molecule has 31 heteroatoms. The number of carbonyl (C=O) groups excluding carboxylic acids is 2. The van der Waals surface area contributed by atoms with Gasteiger partial charge < -0.3 is 26.7 Å². The molecule has 0 bridgehead atoms. The largest absolute Gasteiger partial charge is 0 e.